The molecule has 1 aromatic carbocycles. The third-order valence-corrected chi connectivity index (χ3v) is 4.04. The van der Waals surface area contributed by atoms with E-state index in [0.29, 0.717) is 0 Å². The molecule has 1 atom stereocenters. The summed E-state index contributed by atoms with van der Waals surface area (Å²) in [6.45, 7) is 5.30. The number of nitrogens with one attached hydrogen (secondary N) is 1. The second kappa shape index (κ2) is 5.83. The molecule has 0 bridgehead atoms. The van der Waals surface area contributed by atoms with E-state index in [4.69, 9.17) is 0 Å². The summed E-state index contributed by atoms with van der Waals surface area (Å²) < 4.78 is 0. The maximum atomic E-state index is 9.47. The molecule has 0 aromatic heterocycles. The molecule has 1 aliphatic heterocycles. The Morgan fingerprint density at radius 2 is 1.78 bits per heavy atom. The number of likely N-dealkylation sites (N-methyl/N-ethyl adjacent to an activating group) is 1. The Labute approximate surface area is 110 Å². The van der Waals surface area contributed by atoms with Crippen LogP contribution in [0.3, 0.4) is 0 Å². The molecule has 3 heteroatoms. The van der Waals surface area contributed by atoms with Crippen molar-refractivity contribution in [1.82, 2.24) is 10.2 Å². The molecular formula is C15H24N2O. The smallest absolute Gasteiger partial charge is 0.0623 e. The Kier molecular flexibility index (Phi) is 4.38. The van der Waals surface area contributed by atoms with Gasteiger partial charge in [0.25, 0.3) is 0 Å². The minimum absolute atomic E-state index is 0.174. The second-order valence-electron chi connectivity index (χ2n) is 5.51. The lowest BCUT2D eigenvalue weighted by molar-refractivity contribution is 0.128. The average Bonchev–Trinajstić information content (AvgIpc) is 2.62. The number of nitrogens with zero attached hydrogens (tertiary/aromatic N) is 1. The van der Waals surface area contributed by atoms with Crippen molar-refractivity contribution in [3.05, 3.63) is 35.4 Å². The van der Waals surface area contributed by atoms with Crippen molar-refractivity contribution in [3.8, 4) is 0 Å². The molecule has 0 saturated heterocycles. The zero-order valence-electron chi connectivity index (χ0n) is 11.4. The van der Waals surface area contributed by atoms with Gasteiger partial charge in [-0.05, 0) is 37.9 Å². The van der Waals surface area contributed by atoms with E-state index in [1.165, 1.54) is 11.1 Å². The zero-order chi connectivity index (χ0) is 13.0. The summed E-state index contributed by atoms with van der Waals surface area (Å²) in [5.41, 5.74) is 2.77. The monoisotopic (exact) mass is 248 g/mol. The van der Waals surface area contributed by atoms with Crippen LogP contribution in [0.25, 0.3) is 0 Å². The average molecular weight is 248 g/mol. The fourth-order valence-electron chi connectivity index (χ4n) is 2.57. The minimum Gasteiger partial charge on any atom is -0.394 e. The first kappa shape index (κ1) is 13.5. The Morgan fingerprint density at radius 3 is 2.22 bits per heavy atom. The molecule has 0 radical (unpaired) electrons. The fourth-order valence-corrected chi connectivity index (χ4v) is 2.57. The van der Waals surface area contributed by atoms with Crippen LogP contribution in [0.1, 0.15) is 18.1 Å². The van der Waals surface area contributed by atoms with E-state index in [0.717, 1.165) is 32.5 Å². The lowest BCUT2D eigenvalue weighted by Gasteiger charge is -2.33. The highest BCUT2D eigenvalue weighted by Gasteiger charge is 2.25. The summed E-state index contributed by atoms with van der Waals surface area (Å²) in [6, 6.07) is 8.73. The van der Waals surface area contributed by atoms with Gasteiger partial charge in [0.2, 0.25) is 0 Å². The van der Waals surface area contributed by atoms with E-state index < -0.39 is 0 Å². The van der Waals surface area contributed by atoms with Gasteiger partial charge in [-0.2, -0.15) is 0 Å². The molecule has 0 saturated carbocycles. The molecule has 3 nitrogen and oxygen atoms in total. The number of fused-ring (bicyclic) bond motifs is 1. The van der Waals surface area contributed by atoms with E-state index >= 15 is 0 Å². The summed E-state index contributed by atoms with van der Waals surface area (Å²) in [7, 11) is 1.92. The second-order valence-corrected chi connectivity index (χ2v) is 5.51. The van der Waals surface area contributed by atoms with Gasteiger partial charge >= 0.3 is 0 Å². The van der Waals surface area contributed by atoms with Gasteiger partial charge in [0, 0.05) is 19.6 Å². The Bertz CT molecular complexity index is 361. The largest absolute Gasteiger partial charge is 0.394 e. The molecule has 1 aromatic rings. The molecule has 1 unspecified atom stereocenters. The molecule has 2 rings (SSSR count). The molecular weight excluding hydrogens is 224 g/mol. The zero-order valence-corrected chi connectivity index (χ0v) is 11.4. The van der Waals surface area contributed by atoms with Crippen molar-refractivity contribution >= 4 is 0 Å². The Balaban J connectivity index is 2.00. The lowest BCUT2D eigenvalue weighted by atomic mass is 10.0. The topological polar surface area (TPSA) is 35.5 Å². The van der Waals surface area contributed by atoms with Gasteiger partial charge in [-0.25, -0.2) is 0 Å². The quantitative estimate of drug-likeness (QED) is 0.836. The number of benzene rings is 1. The van der Waals surface area contributed by atoms with E-state index in [1.807, 2.05) is 7.05 Å². The molecule has 18 heavy (non-hydrogen) atoms. The number of hydrogen-bond acceptors (Lipinski definition) is 3. The van der Waals surface area contributed by atoms with Crippen LogP contribution >= 0.6 is 0 Å². The summed E-state index contributed by atoms with van der Waals surface area (Å²) in [5.74, 6) is 0. The molecule has 0 spiro atoms. The number of aliphatic hydroxyl groups excluding tert-OH is 1. The van der Waals surface area contributed by atoms with E-state index in [9.17, 15) is 5.11 Å². The van der Waals surface area contributed by atoms with Gasteiger partial charge in [-0.1, -0.05) is 24.3 Å². The molecule has 100 valence electrons. The number of aliphatic hydroxyl groups is 1. The third-order valence-electron chi connectivity index (χ3n) is 4.04. The summed E-state index contributed by atoms with van der Waals surface area (Å²) in [6.07, 6.45) is 2.22. The highest BCUT2D eigenvalue weighted by atomic mass is 16.3. The molecule has 0 aliphatic carbocycles. The van der Waals surface area contributed by atoms with Crippen molar-refractivity contribution in [2.45, 2.75) is 25.3 Å². The first-order chi connectivity index (χ1) is 8.67. The van der Waals surface area contributed by atoms with Crippen LogP contribution in [0.5, 0.6) is 0 Å². The van der Waals surface area contributed by atoms with E-state index in [1.54, 1.807) is 0 Å². The van der Waals surface area contributed by atoms with Gasteiger partial charge in [0.15, 0.2) is 0 Å². The summed E-state index contributed by atoms with van der Waals surface area (Å²) in [5, 5.41) is 12.7. The minimum atomic E-state index is -0.198. The molecule has 2 N–H and O–H groups in total. The number of hydrogen-bond donors (Lipinski definition) is 2. The van der Waals surface area contributed by atoms with Crippen molar-refractivity contribution in [2.24, 2.45) is 0 Å². The van der Waals surface area contributed by atoms with Crippen molar-refractivity contribution in [1.29, 1.82) is 0 Å². The Hall–Kier alpha value is -0.900. The maximum Gasteiger partial charge on any atom is 0.0623 e. The van der Waals surface area contributed by atoms with Crippen LogP contribution < -0.4 is 5.32 Å². The van der Waals surface area contributed by atoms with Gasteiger partial charge < -0.3 is 15.3 Å². The van der Waals surface area contributed by atoms with Crippen molar-refractivity contribution < 1.29 is 5.11 Å². The highest BCUT2D eigenvalue weighted by molar-refractivity contribution is 5.28. The van der Waals surface area contributed by atoms with Crippen LogP contribution in [-0.4, -0.2) is 48.8 Å². The summed E-state index contributed by atoms with van der Waals surface area (Å²) in [4.78, 5) is 2.45. The standard InChI is InChI=1S/C15H24N2O/c1-15(12-18,16-2)11-17-9-7-13-5-3-4-6-14(13)8-10-17/h3-6,16,18H,7-12H2,1-2H3. The van der Waals surface area contributed by atoms with Crippen LogP contribution in [-0.2, 0) is 12.8 Å². The van der Waals surface area contributed by atoms with Crippen LogP contribution in [0.4, 0.5) is 0 Å². The fraction of sp³-hybridized carbons (Fsp3) is 0.600. The lowest BCUT2D eigenvalue weighted by Crippen LogP contribution is -2.53. The van der Waals surface area contributed by atoms with E-state index in [2.05, 4.69) is 41.4 Å². The van der Waals surface area contributed by atoms with Gasteiger partial charge in [-0.3, -0.25) is 0 Å². The van der Waals surface area contributed by atoms with Crippen molar-refractivity contribution in [3.63, 3.8) is 0 Å². The normalized spacial score (nSPS) is 19.9. The predicted octanol–water partition coefficient (Wildman–Crippen LogP) is 1.06. The Morgan fingerprint density at radius 1 is 1.22 bits per heavy atom. The molecule has 0 amide bonds. The van der Waals surface area contributed by atoms with Crippen LogP contribution in [0.2, 0.25) is 0 Å². The maximum absolute atomic E-state index is 9.47. The van der Waals surface area contributed by atoms with Crippen molar-refractivity contribution in [2.75, 3.05) is 33.3 Å². The molecule has 0 fully saturated rings. The molecule has 1 aliphatic rings. The van der Waals surface area contributed by atoms with Crippen LogP contribution in [0, 0.1) is 0 Å². The van der Waals surface area contributed by atoms with Gasteiger partial charge in [0.05, 0.1) is 12.1 Å². The first-order valence-electron chi connectivity index (χ1n) is 6.76. The summed E-state index contributed by atoms with van der Waals surface area (Å²) >= 11 is 0. The predicted molar refractivity (Wildman–Crippen MR) is 74.8 cm³/mol. The molecule has 1 heterocycles. The SMILES string of the molecule is CNC(C)(CO)CN1CCc2ccccc2CC1. The van der Waals surface area contributed by atoms with Gasteiger partial charge in [0.1, 0.15) is 0 Å². The first-order valence-corrected chi connectivity index (χ1v) is 6.76. The van der Waals surface area contributed by atoms with Gasteiger partial charge in [-0.15, -0.1) is 0 Å². The number of rotatable bonds is 4. The van der Waals surface area contributed by atoms with Crippen LogP contribution in [0.15, 0.2) is 24.3 Å². The highest BCUT2D eigenvalue weighted by Crippen LogP contribution is 2.17. The van der Waals surface area contributed by atoms with E-state index in [-0.39, 0.29) is 12.1 Å². The third kappa shape index (κ3) is 3.10.